The first-order valence-corrected chi connectivity index (χ1v) is 8.13. The third kappa shape index (κ3) is 2.45. The number of hydrogen-bond donors (Lipinski definition) is 1. The minimum absolute atomic E-state index is 0.919. The SMILES string of the molecule is CCCc1nc(N2CCc3ccccc32)sc1CNC. The molecule has 1 aromatic heterocycles. The normalized spacial score (nSPS) is 13.8. The van der Waals surface area contributed by atoms with Gasteiger partial charge in [0, 0.05) is 23.7 Å². The van der Waals surface area contributed by atoms with E-state index < -0.39 is 0 Å². The summed E-state index contributed by atoms with van der Waals surface area (Å²) in [4.78, 5) is 8.66. The molecule has 3 nitrogen and oxygen atoms in total. The molecule has 106 valence electrons. The van der Waals surface area contributed by atoms with E-state index in [9.17, 15) is 0 Å². The summed E-state index contributed by atoms with van der Waals surface area (Å²) in [6.07, 6.45) is 3.35. The molecule has 0 amide bonds. The molecule has 3 rings (SSSR count). The first-order valence-electron chi connectivity index (χ1n) is 7.32. The van der Waals surface area contributed by atoms with Crippen molar-refractivity contribution in [3.8, 4) is 0 Å². The van der Waals surface area contributed by atoms with E-state index in [0.717, 1.165) is 37.5 Å². The van der Waals surface area contributed by atoms with Gasteiger partial charge in [-0.25, -0.2) is 4.98 Å². The number of thiazole rings is 1. The van der Waals surface area contributed by atoms with E-state index in [1.165, 1.54) is 21.8 Å². The predicted octanol–water partition coefficient (Wildman–Crippen LogP) is 3.51. The molecule has 0 aliphatic carbocycles. The van der Waals surface area contributed by atoms with Crippen molar-refractivity contribution >= 4 is 22.2 Å². The Morgan fingerprint density at radius 2 is 2.20 bits per heavy atom. The summed E-state index contributed by atoms with van der Waals surface area (Å²) in [5, 5.41) is 4.41. The van der Waals surface area contributed by atoms with E-state index >= 15 is 0 Å². The van der Waals surface area contributed by atoms with Crippen molar-refractivity contribution in [1.29, 1.82) is 0 Å². The molecule has 0 bridgehead atoms. The van der Waals surface area contributed by atoms with Crippen molar-refractivity contribution in [2.45, 2.75) is 32.7 Å². The molecule has 0 atom stereocenters. The van der Waals surface area contributed by atoms with Crippen molar-refractivity contribution in [3.63, 3.8) is 0 Å². The number of para-hydroxylation sites is 1. The van der Waals surface area contributed by atoms with Crippen LogP contribution in [0.4, 0.5) is 10.8 Å². The first-order chi connectivity index (χ1) is 9.83. The Labute approximate surface area is 124 Å². The monoisotopic (exact) mass is 287 g/mol. The average Bonchev–Trinajstić information content (AvgIpc) is 3.04. The summed E-state index contributed by atoms with van der Waals surface area (Å²) in [6.45, 7) is 4.19. The van der Waals surface area contributed by atoms with Crippen LogP contribution >= 0.6 is 11.3 Å². The molecule has 0 saturated carbocycles. The van der Waals surface area contributed by atoms with E-state index in [4.69, 9.17) is 4.98 Å². The molecule has 0 spiro atoms. The van der Waals surface area contributed by atoms with Crippen LogP contribution in [0.15, 0.2) is 24.3 Å². The maximum absolute atomic E-state index is 4.90. The maximum atomic E-state index is 4.90. The van der Waals surface area contributed by atoms with Gasteiger partial charge in [0.15, 0.2) is 5.13 Å². The first kappa shape index (κ1) is 13.6. The second-order valence-electron chi connectivity index (χ2n) is 5.18. The van der Waals surface area contributed by atoms with Crippen LogP contribution in [0.25, 0.3) is 0 Å². The Kier molecular flexibility index (Phi) is 4.03. The summed E-state index contributed by atoms with van der Waals surface area (Å²) in [5.74, 6) is 0. The Bertz CT molecular complexity index is 568. The van der Waals surface area contributed by atoms with Crippen molar-refractivity contribution in [3.05, 3.63) is 40.4 Å². The lowest BCUT2D eigenvalue weighted by atomic mass is 10.2. The van der Waals surface area contributed by atoms with Gasteiger partial charge in [-0.1, -0.05) is 42.9 Å². The lowest BCUT2D eigenvalue weighted by molar-refractivity contribution is 0.797. The molecule has 2 aromatic rings. The molecule has 2 heterocycles. The lowest BCUT2D eigenvalue weighted by Gasteiger charge is -2.15. The number of fused-ring (bicyclic) bond motifs is 1. The highest BCUT2D eigenvalue weighted by Crippen LogP contribution is 2.37. The number of nitrogens with zero attached hydrogens (tertiary/aromatic N) is 2. The van der Waals surface area contributed by atoms with E-state index in [-0.39, 0.29) is 0 Å². The fourth-order valence-corrected chi connectivity index (χ4v) is 3.91. The van der Waals surface area contributed by atoms with Crippen LogP contribution in [0.3, 0.4) is 0 Å². The largest absolute Gasteiger partial charge is 0.317 e. The van der Waals surface area contributed by atoms with Gasteiger partial charge in [0.1, 0.15) is 0 Å². The summed E-state index contributed by atoms with van der Waals surface area (Å²) in [7, 11) is 2.00. The van der Waals surface area contributed by atoms with Crippen LogP contribution in [-0.4, -0.2) is 18.6 Å². The summed E-state index contributed by atoms with van der Waals surface area (Å²) in [6, 6.07) is 8.68. The number of rotatable bonds is 5. The minimum Gasteiger partial charge on any atom is -0.317 e. The quantitative estimate of drug-likeness (QED) is 0.912. The highest BCUT2D eigenvalue weighted by atomic mass is 32.1. The molecule has 0 radical (unpaired) electrons. The zero-order valence-corrected chi connectivity index (χ0v) is 13.0. The average molecular weight is 287 g/mol. The van der Waals surface area contributed by atoms with E-state index in [2.05, 4.69) is 41.4 Å². The fraction of sp³-hybridized carbons (Fsp3) is 0.438. The number of anilines is 2. The lowest BCUT2D eigenvalue weighted by Crippen LogP contribution is -2.12. The summed E-state index contributed by atoms with van der Waals surface area (Å²) < 4.78 is 0. The van der Waals surface area contributed by atoms with Gasteiger partial charge in [-0.05, 0) is 31.5 Å². The van der Waals surface area contributed by atoms with Gasteiger partial charge in [0.25, 0.3) is 0 Å². The van der Waals surface area contributed by atoms with E-state index in [0.29, 0.717) is 0 Å². The number of aryl methyl sites for hydroxylation is 1. The minimum atomic E-state index is 0.919. The second-order valence-corrected chi connectivity index (χ2v) is 6.24. The van der Waals surface area contributed by atoms with Crippen LogP contribution in [0, 0.1) is 0 Å². The standard InChI is InChI=1S/C16H21N3S/c1-3-6-13-15(11-17-2)20-16(18-13)19-10-9-12-7-4-5-8-14(12)19/h4-5,7-8,17H,3,6,9-11H2,1-2H3. The molecule has 4 heteroatoms. The molecular weight excluding hydrogens is 266 g/mol. The van der Waals surface area contributed by atoms with Gasteiger partial charge in [0.2, 0.25) is 0 Å². The molecule has 20 heavy (non-hydrogen) atoms. The van der Waals surface area contributed by atoms with Crippen LogP contribution in [0.1, 0.15) is 29.5 Å². The van der Waals surface area contributed by atoms with Crippen LogP contribution in [0.5, 0.6) is 0 Å². The number of aromatic nitrogens is 1. The van der Waals surface area contributed by atoms with Crippen molar-refractivity contribution in [2.24, 2.45) is 0 Å². The number of hydrogen-bond acceptors (Lipinski definition) is 4. The predicted molar refractivity (Wildman–Crippen MR) is 86.0 cm³/mol. The van der Waals surface area contributed by atoms with Crippen molar-refractivity contribution in [2.75, 3.05) is 18.5 Å². The molecule has 1 aliphatic rings. The third-order valence-corrected chi connectivity index (χ3v) is 4.83. The molecule has 1 aromatic carbocycles. The zero-order chi connectivity index (χ0) is 13.9. The molecule has 0 unspecified atom stereocenters. The fourth-order valence-electron chi connectivity index (χ4n) is 2.75. The summed E-state index contributed by atoms with van der Waals surface area (Å²) >= 11 is 1.84. The maximum Gasteiger partial charge on any atom is 0.190 e. The Morgan fingerprint density at radius 3 is 3.00 bits per heavy atom. The molecule has 1 N–H and O–H groups in total. The van der Waals surface area contributed by atoms with E-state index in [1.807, 2.05) is 18.4 Å². The molecule has 1 aliphatic heterocycles. The molecular formula is C16H21N3S. The van der Waals surface area contributed by atoms with Gasteiger partial charge < -0.3 is 10.2 Å². The van der Waals surface area contributed by atoms with Crippen molar-refractivity contribution < 1.29 is 0 Å². The Hall–Kier alpha value is -1.39. The summed E-state index contributed by atoms with van der Waals surface area (Å²) in [5.41, 5.74) is 4.04. The topological polar surface area (TPSA) is 28.2 Å². The van der Waals surface area contributed by atoms with Gasteiger partial charge in [-0.3, -0.25) is 0 Å². The second kappa shape index (κ2) is 5.94. The van der Waals surface area contributed by atoms with Gasteiger partial charge in [-0.2, -0.15) is 0 Å². The van der Waals surface area contributed by atoms with E-state index in [1.54, 1.807) is 0 Å². The third-order valence-electron chi connectivity index (χ3n) is 3.71. The Balaban J connectivity index is 1.93. The molecule has 0 fully saturated rings. The van der Waals surface area contributed by atoms with Gasteiger partial charge >= 0.3 is 0 Å². The number of benzene rings is 1. The highest BCUT2D eigenvalue weighted by molar-refractivity contribution is 7.15. The van der Waals surface area contributed by atoms with Gasteiger partial charge in [0.05, 0.1) is 5.69 Å². The van der Waals surface area contributed by atoms with Gasteiger partial charge in [-0.15, -0.1) is 0 Å². The molecule has 0 saturated heterocycles. The number of nitrogens with one attached hydrogen (secondary N) is 1. The highest BCUT2D eigenvalue weighted by Gasteiger charge is 2.23. The Morgan fingerprint density at radius 1 is 1.35 bits per heavy atom. The zero-order valence-electron chi connectivity index (χ0n) is 12.1. The van der Waals surface area contributed by atoms with Crippen molar-refractivity contribution in [1.82, 2.24) is 10.3 Å². The van der Waals surface area contributed by atoms with Crippen LogP contribution < -0.4 is 10.2 Å². The van der Waals surface area contributed by atoms with Crippen LogP contribution in [0.2, 0.25) is 0 Å². The van der Waals surface area contributed by atoms with Crippen LogP contribution in [-0.2, 0) is 19.4 Å². The smallest absolute Gasteiger partial charge is 0.190 e.